The highest BCUT2D eigenvalue weighted by Crippen LogP contribution is 2.35. The van der Waals surface area contributed by atoms with E-state index in [9.17, 15) is 19.7 Å². The van der Waals surface area contributed by atoms with Crippen LogP contribution in [0.25, 0.3) is 0 Å². The van der Waals surface area contributed by atoms with Crippen LogP contribution in [0.1, 0.15) is 37.2 Å². The zero-order chi connectivity index (χ0) is 18.1. The van der Waals surface area contributed by atoms with E-state index in [1.165, 1.54) is 18.4 Å². The van der Waals surface area contributed by atoms with Crippen LogP contribution in [0.2, 0.25) is 0 Å². The predicted octanol–water partition coefficient (Wildman–Crippen LogP) is 2.07. The van der Waals surface area contributed by atoms with Crippen LogP contribution in [-0.2, 0) is 14.3 Å². The second-order valence-electron chi connectivity index (χ2n) is 5.60. The molecule has 2 rings (SSSR count). The molecule has 0 aliphatic heterocycles. The Hall–Kier alpha value is -2.48. The first-order valence-corrected chi connectivity index (χ1v) is 7.64. The molecule has 8 nitrogen and oxygen atoms in total. The van der Waals surface area contributed by atoms with Gasteiger partial charge in [-0.3, -0.25) is 10.1 Å². The Labute approximate surface area is 139 Å². The highest BCUT2D eigenvalue weighted by Gasteiger charge is 2.21. The Morgan fingerprint density at radius 2 is 1.79 bits per heavy atom. The molecule has 8 heteroatoms. The van der Waals surface area contributed by atoms with Crippen LogP contribution >= 0.6 is 0 Å². The Morgan fingerprint density at radius 3 is 2.12 bits per heavy atom. The summed E-state index contributed by atoms with van der Waals surface area (Å²) in [6.45, 7) is 0.785. The van der Waals surface area contributed by atoms with Gasteiger partial charge >= 0.3 is 11.9 Å². The van der Waals surface area contributed by atoms with Crippen molar-refractivity contribution >= 4 is 17.6 Å². The molecule has 24 heavy (non-hydrogen) atoms. The molecule has 1 aliphatic carbocycles. The number of carboxylic acid groups (broad SMARTS) is 1. The summed E-state index contributed by atoms with van der Waals surface area (Å²) < 4.78 is 3.77. The minimum Gasteiger partial charge on any atom is -0.473 e. The lowest BCUT2D eigenvalue weighted by Crippen LogP contribution is -2.20. The maximum absolute atomic E-state index is 10.6. The molecule has 0 unspecified atom stereocenters. The number of benzene rings is 1. The number of aliphatic carboxylic acids is 1. The van der Waals surface area contributed by atoms with Crippen molar-refractivity contribution in [3.05, 3.63) is 39.9 Å². The summed E-state index contributed by atoms with van der Waals surface area (Å²) in [5.74, 6) is -1.58. The third kappa shape index (κ3) is 5.96. The fourth-order valence-electron chi connectivity index (χ4n) is 2.69. The lowest BCUT2D eigenvalue weighted by molar-refractivity contribution is -0.384. The average Bonchev–Trinajstić information content (AvgIpc) is 2.61. The maximum Gasteiger partial charge on any atom is 0.417 e. The van der Waals surface area contributed by atoms with Crippen molar-refractivity contribution in [3.8, 4) is 0 Å². The molecule has 0 heterocycles. The van der Waals surface area contributed by atoms with Crippen LogP contribution in [-0.4, -0.2) is 35.6 Å². The normalized spacial score (nSPS) is 19.6. The van der Waals surface area contributed by atoms with Gasteiger partial charge in [0.1, 0.15) is 0 Å². The number of nitro groups is 1. The zero-order valence-corrected chi connectivity index (χ0v) is 13.5. The van der Waals surface area contributed by atoms with Gasteiger partial charge in [-0.25, -0.2) is 9.59 Å². The molecule has 0 bridgehead atoms. The number of carboxylic acids is 1. The SMILES string of the molecule is COC(=O)C(=O)O.NCC1CCC(c2ccc([N+](=O)[O-])cc2)CC1. The van der Waals surface area contributed by atoms with Gasteiger partial charge in [-0.2, -0.15) is 0 Å². The van der Waals surface area contributed by atoms with Crippen LogP contribution in [0, 0.1) is 16.0 Å². The van der Waals surface area contributed by atoms with E-state index in [1.807, 2.05) is 12.1 Å². The molecular formula is C16H22N2O6. The first-order chi connectivity index (χ1) is 11.4. The van der Waals surface area contributed by atoms with Crippen LogP contribution in [0.15, 0.2) is 24.3 Å². The van der Waals surface area contributed by atoms with Crippen molar-refractivity contribution in [2.75, 3.05) is 13.7 Å². The fourth-order valence-corrected chi connectivity index (χ4v) is 2.69. The van der Waals surface area contributed by atoms with Gasteiger partial charge < -0.3 is 15.6 Å². The largest absolute Gasteiger partial charge is 0.473 e. The monoisotopic (exact) mass is 338 g/mol. The number of rotatable bonds is 3. The van der Waals surface area contributed by atoms with E-state index in [0.29, 0.717) is 11.8 Å². The van der Waals surface area contributed by atoms with Gasteiger partial charge in [-0.15, -0.1) is 0 Å². The molecule has 0 aromatic heterocycles. The second kappa shape index (κ2) is 9.61. The predicted molar refractivity (Wildman–Crippen MR) is 86.5 cm³/mol. The number of ether oxygens (including phenoxy) is 1. The minimum absolute atomic E-state index is 0.171. The van der Waals surface area contributed by atoms with E-state index in [0.717, 1.165) is 26.5 Å². The zero-order valence-electron chi connectivity index (χ0n) is 13.5. The molecule has 1 aromatic rings. The molecule has 0 spiro atoms. The minimum atomic E-state index is -1.57. The molecule has 1 fully saturated rings. The molecule has 3 N–H and O–H groups in total. The van der Waals surface area contributed by atoms with Crippen molar-refractivity contribution in [1.29, 1.82) is 0 Å². The lowest BCUT2D eigenvalue weighted by Gasteiger charge is -2.27. The van der Waals surface area contributed by atoms with Gasteiger partial charge in [-0.1, -0.05) is 12.1 Å². The maximum atomic E-state index is 10.6. The quantitative estimate of drug-likeness (QED) is 0.373. The molecular weight excluding hydrogens is 316 g/mol. The van der Waals surface area contributed by atoms with E-state index in [2.05, 4.69) is 4.74 Å². The highest BCUT2D eigenvalue weighted by molar-refractivity contribution is 6.28. The smallest absolute Gasteiger partial charge is 0.417 e. The molecule has 132 valence electrons. The third-order valence-corrected chi connectivity index (χ3v) is 4.12. The van der Waals surface area contributed by atoms with Crippen LogP contribution < -0.4 is 5.73 Å². The van der Waals surface area contributed by atoms with Gasteiger partial charge in [-0.05, 0) is 49.6 Å². The first-order valence-electron chi connectivity index (χ1n) is 7.64. The number of nitrogens with zero attached hydrogens (tertiary/aromatic N) is 1. The van der Waals surface area contributed by atoms with E-state index < -0.39 is 11.9 Å². The molecule has 1 aliphatic rings. The van der Waals surface area contributed by atoms with Gasteiger partial charge in [0.2, 0.25) is 0 Å². The molecule has 0 atom stereocenters. The van der Waals surface area contributed by atoms with Gasteiger partial charge in [0.25, 0.3) is 5.69 Å². The summed E-state index contributed by atoms with van der Waals surface area (Å²) in [5, 5.41) is 18.3. The Balaban J connectivity index is 0.000000351. The van der Waals surface area contributed by atoms with Crippen molar-refractivity contribution in [2.24, 2.45) is 11.7 Å². The Kier molecular flexibility index (Phi) is 7.84. The van der Waals surface area contributed by atoms with Crippen LogP contribution in [0.5, 0.6) is 0 Å². The number of nitro benzene ring substituents is 1. The summed E-state index contributed by atoms with van der Waals surface area (Å²) >= 11 is 0. The van der Waals surface area contributed by atoms with E-state index in [4.69, 9.17) is 10.8 Å². The summed E-state index contributed by atoms with van der Waals surface area (Å²) in [6, 6.07) is 6.99. The number of nitrogens with two attached hydrogens (primary N) is 1. The number of hydrogen-bond acceptors (Lipinski definition) is 6. The van der Waals surface area contributed by atoms with Crippen molar-refractivity contribution in [1.82, 2.24) is 0 Å². The van der Waals surface area contributed by atoms with E-state index in [-0.39, 0.29) is 10.6 Å². The number of esters is 1. The summed E-state index contributed by atoms with van der Waals surface area (Å²) in [7, 11) is 1.01. The van der Waals surface area contributed by atoms with Gasteiger partial charge in [0.15, 0.2) is 0 Å². The number of methoxy groups -OCH3 is 1. The first kappa shape index (κ1) is 19.6. The summed E-state index contributed by atoms with van der Waals surface area (Å²) in [6.07, 6.45) is 4.66. The van der Waals surface area contributed by atoms with Gasteiger partial charge in [0, 0.05) is 12.1 Å². The third-order valence-electron chi connectivity index (χ3n) is 4.12. The molecule has 0 amide bonds. The average molecular weight is 338 g/mol. The Morgan fingerprint density at radius 1 is 1.25 bits per heavy atom. The van der Waals surface area contributed by atoms with Crippen molar-refractivity contribution in [2.45, 2.75) is 31.6 Å². The molecule has 1 aromatic carbocycles. The van der Waals surface area contributed by atoms with E-state index in [1.54, 1.807) is 12.1 Å². The number of non-ortho nitro benzene ring substituents is 1. The standard InChI is InChI=1S/C13H18N2O2.C3H4O4/c14-9-10-1-3-11(4-2-10)12-5-7-13(8-6-12)15(16)17;1-7-3(6)2(4)5/h5-8,10-11H,1-4,9,14H2;1H3,(H,4,5). The molecule has 0 saturated heterocycles. The lowest BCUT2D eigenvalue weighted by atomic mass is 9.79. The van der Waals surface area contributed by atoms with Crippen LogP contribution in [0.3, 0.4) is 0 Å². The summed E-state index contributed by atoms with van der Waals surface area (Å²) in [5.41, 5.74) is 7.06. The number of carbonyl (C=O) groups excluding carboxylic acids is 1. The van der Waals surface area contributed by atoms with Crippen molar-refractivity contribution in [3.63, 3.8) is 0 Å². The molecule has 1 saturated carbocycles. The van der Waals surface area contributed by atoms with E-state index >= 15 is 0 Å². The van der Waals surface area contributed by atoms with Crippen molar-refractivity contribution < 1.29 is 24.4 Å². The highest BCUT2D eigenvalue weighted by atomic mass is 16.6. The number of carbonyl (C=O) groups is 2. The fraction of sp³-hybridized carbons (Fsp3) is 0.500. The Bertz CT molecular complexity index is 564. The molecule has 0 radical (unpaired) electrons. The second-order valence-corrected chi connectivity index (χ2v) is 5.60. The number of hydrogen-bond donors (Lipinski definition) is 2. The van der Waals surface area contributed by atoms with Gasteiger partial charge in [0.05, 0.1) is 12.0 Å². The van der Waals surface area contributed by atoms with Crippen LogP contribution in [0.4, 0.5) is 5.69 Å². The topological polar surface area (TPSA) is 133 Å². The summed E-state index contributed by atoms with van der Waals surface area (Å²) in [4.78, 5) is 29.4.